The van der Waals surface area contributed by atoms with Crippen LogP contribution in [0.5, 0.6) is 5.75 Å². The first kappa shape index (κ1) is 12.3. The van der Waals surface area contributed by atoms with Gasteiger partial charge in [-0.15, -0.1) is 0 Å². The van der Waals surface area contributed by atoms with Gasteiger partial charge < -0.3 is 10.1 Å². The van der Waals surface area contributed by atoms with Gasteiger partial charge in [-0.2, -0.15) is 5.10 Å². The summed E-state index contributed by atoms with van der Waals surface area (Å²) in [6.45, 7) is 0. The van der Waals surface area contributed by atoms with Gasteiger partial charge in [0, 0.05) is 24.7 Å². The van der Waals surface area contributed by atoms with Crippen LogP contribution in [0.4, 0.5) is 5.69 Å². The van der Waals surface area contributed by atoms with E-state index in [2.05, 4.69) is 22.3 Å². The molecule has 3 rings (SSSR count). The van der Waals surface area contributed by atoms with Gasteiger partial charge in [0.25, 0.3) is 0 Å². The number of ether oxygens (including phenoxy) is 1. The molecule has 0 saturated heterocycles. The Bertz CT molecular complexity index is 529. The molecule has 0 spiro atoms. The molecule has 1 N–H and O–H groups in total. The molecule has 102 valence electrons. The Morgan fingerprint density at radius 1 is 1.26 bits per heavy atom. The first-order valence-electron chi connectivity index (χ1n) is 7.06. The van der Waals surface area contributed by atoms with Crippen LogP contribution in [-0.2, 0) is 0 Å². The number of rotatable bonds is 3. The summed E-state index contributed by atoms with van der Waals surface area (Å²) in [6, 6.07) is 4.70. The second-order valence-electron chi connectivity index (χ2n) is 5.26. The molecule has 0 radical (unpaired) electrons. The van der Waals surface area contributed by atoms with Crippen LogP contribution in [0.25, 0.3) is 10.9 Å². The van der Waals surface area contributed by atoms with E-state index in [1.807, 2.05) is 13.1 Å². The smallest absolute Gasteiger partial charge is 0.144 e. The Labute approximate surface area is 113 Å². The molecule has 1 aromatic carbocycles. The first-order chi connectivity index (χ1) is 9.31. The molecule has 0 unspecified atom stereocenters. The van der Waals surface area contributed by atoms with Crippen molar-refractivity contribution < 1.29 is 4.74 Å². The van der Waals surface area contributed by atoms with Crippen LogP contribution in [0.1, 0.15) is 38.1 Å². The van der Waals surface area contributed by atoms with Crippen LogP contribution in [0.3, 0.4) is 0 Å². The number of nitrogens with one attached hydrogen (secondary N) is 1. The monoisotopic (exact) mass is 259 g/mol. The lowest BCUT2D eigenvalue weighted by atomic mass is 9.96. The summed E-state index contributed by atoms with van der Waals surface area (Å²) < 4.78 is 7.54. The molecule has 1 aliphatic rings. The molecule has 1 fully saturated rings. The number of hydrogen-bond donors (Lipinski definition) is 1. The summed E-state index contributed by atoms with van der Waals surface area (Å²) in [5.74, 6) is 0.851. The highest BCUT2D eigenvalue weighted by Gasteiger charge is 2.17. The quantitative estimate of drug-likeness (QED) is 0.915. The second-order valence-corrected chi connectivity index (χ2v) is 5.26. The van der Waals surface area contributed by atoms with Crippen LogP contribution in [0.2, 0.25) is 0 Å². The van der Waals surface area contributed by atoms with Crippen molar-refractivity contribution >= 4 is 16.6 Å². The van der Waals surface area contributed by atoms with Crippen molar-refractivity contribution in [2.75, 3.05) is 19.5 Å². The molecule has 1 aliphatic carbocycles. The third kappa shape index (κ3) is 2.27. The molecule has 0 atom stereocenters. The van der Waals surface area contributed by atoms with Crippen molar-refractivity contribution in [2.24, 2.45) is 0 Å². The van der Waals surface area contributed by atoms with E-state index in [-0.39, 0.29) is 0 Å². The Kier molecular flexibility index (Phi) is 3.32. The van der Waals surface area contributed by atoms with Gasteiger partial charge in [0.1, 0.15) is 5.75 Å². The van der Waals surface area contributed by atoms with Gasteiger partial charge >= 0.3 is 0 Å². The van der Waals surface area contributed by atoms with Crippen LogP contribution in [-0.4, -0.2) is 23.9 Å². The largest absolute Gasteiger partial charge is 0.495 e. The van der Waals surface area contributed by atoms with Crippen molar-refractivity contribution in [3.8, 4) is 5.75 Å². The fraction of sp³-hybridized carbons (Fsp3) is 0.533. The maximum Gasteiger partial charge on any atom is 0.144 e. The van der Waals surface area contributed by atoms with E-state index in [0.717, 1.165) is 17.0 Å². The third-order valence-electron chi connectivity index (χ3n) is 4.06. The summed E-state index contributed by atoms with van der Waals surface area (Å²) >= 11 is 0. The lowest BCUT2D eigenvalue weighted by Crippen LogP contribution is -2.12. The van der Waals surface area contributed by atoms with Gasteiger partial charge in [-0.3, -0.25) is 4.68 Å². The summed E-state index contributed by atoms with van der Waals surface area (Å²) in [5.41, 5.74) is 2.03. The van der Waals surface area contributed by atoms with E-state index in [1.54, 1.807) is 7.11 Å². The molecule has 0 aliphatic heterocycles. The minimum Gasteiger partial charge on any atom is -0.495 e. The van der Waals surface area contributed by atoms with Crippen LogP contribution < -0.4 is 10.1 Å². The van der Waals surface area contributed by atoms with Gasteiger partial charge in [0.05, 0.1) is 24.4 Å². The van der Waals surface area contributed by atoms with E-state index in [4.69, 9.17) is 9.84 Å². The Balaban J connectivity index is 1.99. The zero-order chi connectivity index (χ0) is 13.2. The number of hydrogen-bond acceptors (Lipinski definition) is 3. The van der Waals surface area contributed by atoms with E-state index >= 15 is 0 Å². The molecule has 4 nitrogen and oxygen atoms in total. The number of fused-ring (bicyclic) bond motifs is 1. The van der Waals surface area contributed by atoms with E-state index in [1.165, 1.54) is 37.5 Å². The van der Waals surface area contributed by atoms with E-state index in [9.17, 15) is 0 Å². The van der Waals surface area contributed by atoms with Crippen LogP contribution in [0, 0.1) is 0 Å². The van der Waals surface area contributed by atoms with Gasteiger partial charge in [-0.1, -0.05) is 19.3 Å². The molecule has 2 aromatic rings. The summed E-state index contributed by atoms with van der Waals surface area (Å²) in [7, 11) is 3.61. The maximum absolute atomic E-state index is 5.39. The fourth-order valence-electron chi connectivity index (χ4n) is 2.97. The van der Waals surface area contributed by atoms with Gasteiger partial charge in [0.15, 0.2) is 0 Å². The highest BCUT2D eigenvalue weighted by atomic mass is 16.5. The van der Waals surface area contributed by atoms with Gasteiger partial charge in [-0.05, 0) is 18.9 Å². The fourth-order valence-corrected chi connectivity index (χ4v) is 2.97. The van der Waals surface area contributed by atoms with Crippen LogP contribution in [0.15, 0.2) is 18.3 Å². The van der Waals surface area contributed by atoms with Crippen molar-refractivity contribution in [2.45, 2.75) is 38.1 Å². The summed E-state index contributed by atoms with van der Waals surface area (Å²) in [4.78, 5) is 0. The lowest BCUT2D eigenvalue weighted by molar-refractivity contribution is 0.331. The second kappa shape index (κ2) is 5.11. The predicted molar refractivity (Wildman–Crippen MR) is 78.0 cm³/mol. The van der Waals surface area contributed by atoms with Crippen molar-refractivity contribution in [3.05, 3.63) is 18.3 Å². The molecule has 1 aromatic heterocycles. The number of nitrogens with zero attached hydrogens (tertiary/aromatic N) is 2. The van der Waals surface area contributed by atoms with Gasteiger partial charge in [-0.25, -0.2) is 0 Å². The molecule has 1 heterocycles. The lowest BCUT2D eigenvalue weighted by Gasteiger charge is -2.21. The molecule has 1 saturated carbocycles. The standard InChI is InChI=1S/C15H21N3O/c1-16-14-8-11-10-18(12-6-4-3-5-7-12)17-13(11)9-15(14)19-2/h8-10,12,16H,3-7H2,1-2H3. The van der Waals surface area contributed by atoms with E-state index < -0.39 is 0 Å². The van der Waals surface area contributed by atoms with Crippen LogP contribution >= 0.6 is 0 Å². The van der Waals surface area contributed by atoms with E-state index in [0.29, 0.717) is 6.04 Å². The Hall–Kier alpha value is -1.71. The molecule has 0 bridgehead atoms. The minimum atomic E-state index is 0.574. The Morgan fingerprint density at radius 2 is 2.05 bits per heavy atom. The average molecular weight is 259 g/mol. The molecular weight excluding hydrogens is 238 g/mol. The molecular formula is C15H21N3O. The molecule has 0 amide bonds. The number of aromatic nitrogens is 2. The van der Waals surface area contributed by atoms with Gasteiger partial charge in [0.2, 0.25) is 0 Å². The van der Waals surface area contributed by atoms with Crippen molar-refractivity contribution in [1.82, 2.24) is 9.78 Å². The predicted octanol–water partition coefficient (Wildman–Crippen LogP) is 3.59. The summed E-state index contributed by atoms with van der Waals surface area (Å²) in [5, 5.41) is 9.07. The third-order valence-corrected chi connectivity index (χ3v) is 4.06. The maximum atomic E-state index is 5.39. The topological polar surface area (TPSA) is 39.1 Å². The highest BCUT2D eigenvalue weighted by Crippen LogP contribution is 2.32. The molecule has 4 heteroatoms. The number of methoxy groups -OCH3 is 1. The van der Waals surface area contributed by atoms with Crippen molar-refractivity contribution in [1.29, 1.82) is 0 Å². The summed E-state index contributed by atoms with van der Waals surface area (Å²) in [6.07, 6.45) is 8.70. The first-order valence-corrected chi connectivity index (χ1v) is 7.06. The normalized spacial score (nSPS) is 16.7. The Morgan fingerprint density at radius 3 is 2.74 bits per heavy atom. The zero-order valence-electron chi connectivity index (χ0n) is 11.6. The zero-order valence-corrected chi connectivity index (χ0v) is 11.6. The number of benzene rings is 1. The average Bonchev–Trinajstić information content (AvgIpc) is 2.89. The number of anilines is 1. The highest BCUT2D eigenvalue weighted by molar-refractivity contribution is 5.85. The molecule has 19 heavy (non-hydrogen) atoms. The SMILES string of the molecule is CNc1cc2cn(C3CCCCC3)nc2cc1OC. The minimum absolute atomic E-state index is 0.574. The van der Waals surface area contributed by atoms with Crippen molar-refractivity contribution in [3.63, 3.8) is 0 Å².